The molecule has 0 aliphatic heterocycles. The van der Waals surface area contributed by atoms with Crippen LogP contribution in [0.5, 0.6) is 0 Å². The van der Waals surface area contributed by atoms with E-state index in [2.05, 4.69) is 5.32 Å². The van der Waals surface area contributed by atoms with Crippen molar-refractivity contribution in [3.05, 3.63) is 17.0 Å². The number of carbonyl (C=O) groups is 3. The predicted octanol–water partition coefficient (Wildman–Crippen LogP) is 2.85. The van der Waals surface area contributed by atoms with Crippen molar-refractivity contribution in [2.45, 2.75) is 45.4 Å². The Hall–Kier alpha value is -1.89. The van der Waals surface area contributed by atoms with Gasteiger partial charge < -0.3 is 16.2 Å². The van der Waals surface area contributed by atoms with Crippen molar-refractivity contribution in [2.75, 3.05) is 5.32 Å². The molecule has 126 valence electrons. The van der Waals surface area contributed by atoms with E-state index in [0.717, 1.165) is 32.1 Å². The summed E-state index contributed by atoms with van der Waals surface area (Å²) in [5.74, 6) is -1.92. The Labute approximate surface area is 139 Å². The molecule has 1 saturated carbocycles. The molecule has 23 heavy (non-hydrogen) atoms. The molecule has 6 nitrogen and oxygen atoms in total. The molecule has 1 heterocycles. The molecule has 0 radical (unpaired) electrons. The Morgan fingerprint density at radius 3 is 2.57 bits per heavy atom. The van der Waals surface area contributed by atoms with E-state index in [-0.39, 0.29) is 23.8 Å². The van der Waals surface area contributed by atoms with Gasteiger partial charge in [0.2, 0.25) is 5.91 Å². The molecule has 2 rings (SSSR count). The van der Waals surface area contributed by atoms with E-state index in [1.165, 1.54) is 11.3 Å². The number of carboxylic acid groups (broad SMARTS) is 1. The number of carboxylic acids is 1. The largest absolute Gasteiger partial charge is 0.481 e. The standard InChI is InChI=1S/C16H22N2O4S/c1-16(9-12(19)20,10-5-3-2-4-6-10)15(22)18-14-11(13(17)21)7-8-23-14/h7-8,10H,2-6,9H2,1H3,(H2,17,21)(H,18,22)(H,19,20). The maximum absolute atomic E-state index is 12.8. The van der Waals surface area contributed by atoms with Crippen LogP contribution in [0.4, 0.5) is 5.00 Å². The minimum Gasteiger partial charge on any atom is -0.481 e. The Morgan fingerprint density at radius 1 is 1.35 bits per heavy atom. The molecule has 7 heteroatoms. The second-order valence-electron chi connectivity index (χ2n) is 6.30. The number of carbonyl (C=O) groups excluding carboxylic acids is 2. The van der Waals surface area contributed by atoms with Crippen LogP contribution in [0.15, 0.2) is 11.4 Å². The minimum atomic E-state index is -0.995. The number of amides is 2. The van der Waals surface area contributed by atoms with E-state index in [1.54, 1.807) is 18.4 Å². The summed E-state index contributed by atoms with van der Waals surface area (Å²) in [6.07, 6.45) is 4.63. The molecule has 0 spiro atoms. The van der Waals surface area contributed by atoms with Gasteiger partial charge in [-0.2, -0.15) is 0 Å². The van der Waals surface area contributed by atoms with Gasteiger partial charge in [0.25, 0.3) is 5.91 Å². The Kier molecular flexibility index (Phi) is 5.41. The molecular formula is C16H22N2O4S. The van der Waals surface area contributed by atoms with Crippen molar-refractivity contribution >= 4 is 34.1 Å². The van der Waals surface area contributed by atoms with Crippen LogP contribution in [-0.2, 0) is 9.59 Å². The number of hydrogen-bond donors (Lipinski definition) is 3. The number of nitrogens with one attached hydrogen (secondary N) is 1. The highest BCUT2D eigenvalue weighted by Gasteiger charge is 2.43. The summed E-state index contributed by atoms with van der Waals surface area (Å²) in [5.41, 5.74) is 4.55. The molecule has 0 saturated heterocycles. The van der Waals surface area contributed by atoms with Crippen LogP contribution >= 0.6 is 11.3 Å². The summed E-state index contributed by atoms with van der Waals surface area (Å²) < 4.78 is 0. The van der Waals surface area contributed by atoms with Crippen LogP contribution < -0.4 is 11.1 Å². The van der Waals surface area contributed by atoms with Crippen molar-refractivity contribution in [3.8, 4) is 0 Å². The number of primary amides is 1. The maximum Gasteiger partial charge on any atom is 0.304 e. The van der Waals surface area contributed by atoms with Gasteiger partial charge >= 0.3 is 5.97 Å². The molecule has 1 atom stereocenters. The first kappa shape index (κ1) is 17.5. The number of nitrogens with two attached hydrogens (primary N) is 1. The quantitative estimate of drug-likeness (QED) is 0.741. The van der Waals surface area contributed by atoms with Crippen LogP contribution in [0, 0.1) is 11.3 Å². The molecular weight excluding hydrogens is 316 g/mol. The van der Waals surface area contributed by atoms with E-state index in [9.17, 15) is 19.5 Å². The van der Waals surface area contributed by atoms with E-state index in [1.807, 2.05) is 0 Å². The third-order valence-electron chi connectivity index (χ3n) is 4.70. The molecule has 1 aliphatic carbocycles. The van der Waals surface area contributed by atoms with E-state index < -0.39 is 17.3 Å². The zero-order chi connectivity index (χ0) is 17.0. The van der Waals surface area contributed by atoms with E-state index >= 15 is 0 Å². The van der Waals surface area contributed by atoms with Gasteiger partial charge in [-0.3, -0.25) is 14.4 Å². The normalized spacial score (nSPS) is 18.1. The average molecular weight is 338 g/mol. The van der Waals surface area contributed by atoms with Crippen molar-refractivity contribution in [2.24, 2.45) is 17.1 Å². The third-order valence-corrected chi connectivity index (χ3v) is 5.53. The average Bonchev–Trinajstić information content (AvgIpc) is 2.95. The monoisotopic (exact) mass is 338 g/mol. The fraction of sp³-hybridized carbons (Fsp3) is 0.562. The molecule has 1 aromatic heterocycles. The number of thiophene rings is 1. The van der Waals surface area contributed by atoms with Crippen LogP contribution in [0.2, 0.25) is 0 Å². The number of anilines is 1. The lowest BCUT2D eigenvalue weighted by atomic mass is 9.67. The predicted molar refractivity (Wildman–Crippen MR) is 88.4 cm³/mol. The number of rotatable bonds is 6. The fourth-order valence-corrected chi connectivity index (χ4v) is 4.10. The molecule has 2 amide bonds. The van der Waals surface area contributed by atoms with Gasteiger partial charge in [0.1, 0.15) is 5.00 Å². The molecule has 1 aromatic rings. The van der Waals surface area contributed by atoms with E-state index in [4.69, 9.17) is 5.73 Å². The second-order valence-corrected chi connectivity index (χ2v) is 7.22. The van der Waals surface area contributed by atoms with Crippen molar-refractivity contribution in [3.63, 3.8) is 0 Å². The fourth-order valence-electron chi connectivity index (χ4n) is 3.31. The van der Waals surface area contributed by atoms with Crippen LogP contribution in [0.25, 0.3) is 0 Å². The SMILES string of the molecule is CC(CC(=O)O)(C(=O)Nc1sccc1C(N)=O)C1CCCCC1. The lowest BCUT2D eigenvalue weighted by Crippen LogP contribution is -2.42. The zero-order valence-electron chi connectivity index (χ0n) is 13.1. The molecule has 0 bridgehead atoms. The summed E-state index contributed by atoms with van der Waals surface area (Å²) in [6, 6.07) is 1.55. The van der Waals surface area contributed by atoms with Crippen molar-refractivity contribution in [1.82, 2.24) is 0 Å². The van der Waals surface area contributed by atoms with Gasteiger partial charge in [0, 0.05) is 0 Å². The van der Waals surface area contributed by atoms with Gasteiger partial charge in [0.05, 0.1) is 17.4 Å². The lowest BCUT2D eigenvalue weighted by molar-refractivity contribution is -0.145. The first-order chi connectivity index (χ1) is 10.8. The molecule has 0 aromatic carbocycles. The first-order valence-corrected chi connectivity index (χ1v) is 8.63. The molecule has 1 aliphatic rings. The van der Waals surface area contributed by atoms with Crippen molar-refractivity contribution in [1.29, 1.82) is 0 Å². The highest BCUT2D eigenvalue weighted by Crippen LogP contribution is 2.42. The third kappa shape index (κ3) is 3.90. The minimum absolute atomic E-state index is 0.0318. The summed E-state index contributed by atoms with van der Waals surface area (Å²) in [6.45, 7) is 1.71. The van der Waals surface area contributed by atoms with Gasteiger partial charge in [-0.1, -0.05) is 19.3 Å². The van der Waals surface area contributed by atoms with E-state index in [0.29, 0.717) is 5.00 Å². The molecule has 4 N–H and O–H groups in total. The van der Waals surface area contributed by atoms with Crippen molar-refractivity contribution < 1.29 is 19.5 Å². The van der Waals surface area contributed by atoms with Gasteiger partial charge in [-0.05, 0) is 37.1 Å². The topological polar surface area (TPSA) is 109 Å². The lowest BCUT2D eigenvalue weighted by Gasteiger charge is -2.37. The van der Waals surface area contributed by atoms with Crippen LogP contribution in [0.3, 0.4) is 0 Å². The Balaban J connectivity index is 2.23. The molecule has 1 unspecified atom stereocenters. The summed E-state index contributed by atoms with van der Waals surface area (Å²) in [4.78, 5) is 35.5. The van der Waals surface area contributed by atoms with Crippen LogP contribution in [0.1, 0.15) is 55.8 Å². The maximum atomic E-state index is 12.8. The van der Waals surface area contributed by atoms with Crippen LogP contribution in [-0.4, -0.2) is 22.9 Å². The number of aliphatic carboxylic acids is 1. The highest BCUT2D eigenvalue weighted by molar-refractivity contribution is 7.14. The smallest absolute Gasteiger partial charge is 0.304 e. The number of hydrogen-bond acceptors (Lipinski definition) is 4. The summed E-state index contributed by atoms with van der Waals surface area (Å²) in [7, 11) is 0. The highest BCUT2D eigenvalue weighted by atomic mass is 32.1. The van der Waals surface area contributed by atoms with Gasteiger partial charge in [-0.25, -0.2) is 0 Å². The summed E-state index contributed by atoms with van der Waals surface area (Å²) >= 11 is 1.21. The molecule has 1 fully saturated rings. The summed E-state index contributed by atoms with van der Waals surface area (Å²) in [5, 5.41) is 14.0. The van der Waals surface area contributed by atoms with Gasteiger partial charge in [0.15, 0.2) is 0 Å². The Morgan fingerprint density at radius 2 is 2.00 bits per heavy atom. The Bertz CT molecular complexity index is 607. The first-order valence-electron chi connectivity index (χ1n) is 7.75. The van der Waals surface area contributed by atoms with Gasteiger partial charge in [-0.15, -0.1) is 11.3 Å². The second kappa shape index (κ2) is 7.12. The zero-order valence-corrected chi connectivity index (χ0v) is 13.9.